The van der Waals surface area contributed by atoms with Crippen LogP contribution in [0.2, 0.25) is 0 Å². The van der Waals surface area contributed by atoms with Crippen LogP contribution < -0.4 is 10.2 Å². The summed E-state index contributed by atoms with van der Waals surface area (Å²) in [6.45, 7) is 9.62. The number of ether oxygens (including phenoxy) is 1. The fraction of sp³-hybridized carbons (Fsp3) is 0.350. The molecule has 0 amide bonds. The summed E-state index contributed by atoms with van der Waals surface area (Å²) in [5.41, 5.74) is 5.38. The summed E-state index contributed by atoms with van der Waals surface area (Å²) in [7, 11) is 0. The van der Waals surface area contributed by atoms with Gasteiger partial charge in [0, 0.05) is 30.7 Å². The molecular formula is C20H23N5OS. The Morgan fingerprint density at radius 3 is 2.59 bits per heavy atom. The van der Waals surface area contributed by atoms with E-state index in [1.807, 2.05) is 19.9 Å². The molecule has 0 radical (unpaired) electrons. The lowest BCUT2D eigenvalue weighted by Crippen LogP contribution is -2.36. The normalized spacial score (nSPS) is 14.4. The molecular weight excluding hydrogens is 358 g/mol. The van der Waals surface area contributed by atoms with Crippen LogP contribution in [0.1, 0.15) is 16.3 Å². The zero-order chi connectivity index (χ0) is 18.8. The Morgan fingerprint density at radius 1 is 1.07 bits per heavy atom. The highest BCUT2D eigenvalue weighted by molar-refractivity contribution is 7.15. The molecule has 1 fully saturated rings. The first-order valence-corrected chi connectivity index (χ1v) is 9.89. The van der Waals surface area contributed by atoms with Crippen molar-refractivity contribution in [2.45, 2.75) is 20.8 Å². The Balaban J connectivity index is 1.55. The lowest BCUT2D eigenvalue weighted by Gasteiger charge is -2.30. The molecule has 0 unspecified atom stereocenters. The van der Waals surface area contributed by atoms with Crippen molar-refractivity contribution in [3.8, 4) is 10.6 Å². The van der Waals surface area contributed by atoms with Gasteiger partial charge in [-0.1, -0.05) is 0 Å². The zero-order valence-corrected chi connectivity index (χ0v) is 16.6. The van der Waals surface area contributed by atoms with Crippen LogP contribution in [0, 0.1) is 20.8 Å². The summed E-state index contributed by atoms with van der Waals surface area (Å²) in [4.78, 5) is 17.0. The summed E-state index contributed by atoms with van der Waals surface area (Å²) in [6.07, 6.45) is 1.79. The van der Waals surface area contributed by atoms with Crippen LogP contribution in [0.5, 0.6) is 0 Å². The van der Waals surface area contributed by atoms with Gasteiger partial charge in [0.25, 0.3) is 0 Å². The Morgan fingerprint density at radius 2 is 1.89 bits per heavy atom. The van der Waals surface area contributed by atoms with Crippen molar-refractivity contribution < 1.29 is 4.74 Å². The van der Waals surface area contributed by atoms with Crippen molar-refractivity contribution in [3.63, 3.8) is 0 Å². The zero-order valence-electron chi connectivity index (χ0n) is 15.8. The molecule has 0 aliphatic carbocycles. The molecule has 2 aromatic heterocycles. The van der Waals surface area contributed by atoms with Gasteiger partial charge < -0.3 is 15.0 Å². The van der Waals surface area contributed by atoms with Gasteiger partial charge in [-0.2, -0.15) is 0 Å². The number of aromatic nitrogens is 3. The Bertz CT molecular complexity index is 949. The summed E-state index contributed by atoms with van der Waals surface area (Å²) in [5, 5.41) is 4.38. The number of thiazole rings is 1. The lowest BCUT2D eigenvalue weighted by molar-refractivity contribution is 0.122. The van der Waals surface area contributed by atoms with Crippen molar-refractivity contribution in [3.05, 3.63) is 46.7 Å². The molecule has 3 heterocycles. The fourth-order valence-electron chi connectivity index (χ4n) is 3.34. The van der Waals surface area contributed by atoms with E-state index in [-0.39, 0.29) is 0 Å². The maximum atomic E-state index is 5.45. The maximum absolute atomic E-state index is 5.45. The Labute approximate surface area is 163 Å². The van der Waals surface area contributed by atoms with Gasteiger partial charge in [-0.25, -0.2) is 15.0 Å². The standard InChI is InChI=1S/C20H23N5OS/c1-13-12-16(4-5-18(13)25-8-10-26-11-9-25)23-20-21-7-6-17(24-20)19-14(2)22-15(3)27-19/h4-7,12H,8-11H2,1-3H3,(H,21,23,24). The Hall–Kier alpha value is -2.51. The smallest absolute Gasteiger partial charge is 0.227 e. The van der Waals surface area contributed by atoms with Crippen LogP contribution >= 0.6 is 11.3 Å². The van der Waals surface area contributed by atoms with E-state index in [2.05, 4.69) is 50.3 Å². The minimum absolute atomic E-state index is 0.594. The largest absolute Gasteiger partial charge is 0.378 e. The first-order valence-electron chi connectivity index (χ1n) is 9.08. The van der Waals surface area contributed by atoms with Crippen molar-refractivity contribution >= 4 is 28.7 Å². The first kappa shape index (κ1) is 17.9. The lowest BCUT2D eigenvalue weighted by atomic mass is 10.1. The SMILES string of the molecule is Cc1nc(C)c(-c2ccnc(Nc3ccc(N4CCOCC4)c(C)c3)n2)s1. The van der Waals surface area contributed by atoms with Crippen molar-refractivity contribution in [1.29, 1.82) is 0 Å². The van der Waals surface area contributed by atoms with Crippen molar-refractivity contribution in [1.82, 2.24) is 15.0 Å². The number of hydrogen-bond donors (Lipinski definition) is 1. The van der Waals surface area contributed by atoms with Gasteiger partial charge in [-0.15, -0.1) is 11.3 Å². The summed E-state index contributed by atoms with van der Waals surface area (Å²) < 4.78 is 5.45. The molecule has 140 valence electrons. The van der Waals surface area contributed by atoms with Crippen LogP contribution in [-0.2, 0) is 4.74 Å². The van der Waals surface area contributed by atoms with Crippen LogP contribution in [0.3, 0.4) is 0 Å². The third-order valence-electron chi connectivity index (χ3n) is 4.60. The number of nitrogens with zero attached hydrogens (tertiary/aromatic N) is 4. The van der Waals surface area contributed by atoms with Gasteiger partial charge in [0.1, 0.15) is 0 Å². The molecule has 4 rings (SSSR count). The van der Waals surface area contributed by atoms with E-state index in [4.69, 9.17) is 4.74 Å². The van der Waals surface area contributed by atoms with Gasteiger partial charge >= 0.3 is 0 Å². The summed E-state index contributed by atoms with van der Waals surface area (Å²) in [6, 6.07) is 8.31. The molecule has 1 aliphatic heterocycles. The van der Waals surface area contributed by atoms with Gasteiger partial charge in [0.15, 0.2) is 0 Å². The molecule has 0 atom stereocenters. The second kappa shape index (κ2) is 7.62. The Kier molecular flexibility index (Phi) is 5.05. The summed E-state index contributed by atoms with van der Waals surface area (Å²) >= 11 is 1.66. The van der Waals surface area contributed by atoms with Gasteiger partial charge in [0.2, 0.25) is 5.95 Å². The number of aryl methyl sites for hydroxylation is 3. The highest BCUT2D eigenvalue weighted by atomic mass is 32.1. The molecule has 1 aliphatic rings. The van der Waals surface area contributed by atoms with Gasteiger partial charge in [-0.05, 0) is 50.6 Å². The summed E-state index contributed by atoms with van der Waals surface area (Å²) in [5.74, 6) is 0.594. The topological polar surface area (TPSA) is 63.2 Å². The van der Waals surface area contributed by atoms with Crippen molar-refractivity contribution in [2.24, 2.45) is 0 Å². The van der Waals surface area contributed by atoms with Gasteiger partial charge in [-0.3, -0.25) is 0 Å². The number of hydrogen-bond acceptors (Lipinski definition) is 7. The number of rotatable bonds is 4. The van der Waals surface area contributed by atoms with E-state index >= 15 is 0 Å². The molecule has 6 nitrogen and oxygen atoms in total. The van der Waals surface area contributed by atoms with Crippen molar-refractivity contribution in [2.75, 3.05) is 36.5 Å². The average molecular weight is 382 g/mol. The van der Waals surface area contributed by atoms with E-state index < -0.39 is 0 Å². The molecule has 0 saturated carbocycles. The fourth-order valence-corrected chi connectivity index (χ4v) is 4.23. The maximum Gasteiger partial charge on any atom is 0.227 e. The molecule has 0 spiro atoms. The monoisotopic (exact) mass is 381 g/mol. The highest BCUT2D eigenvalue weighted by Crippen LogP contribution is 2.29. The number of benzene rings is 1. The molecule has 7 heteroatoms. The molecule has 1 N–H and O–H groups in total. The van der Waals surface area contributed by atoms with E-state index in [1.165, 1.54) is 11.3 Å². The number of morpholine rings is 1. The minimum atomic E-state index is 0.594. The number of nitrogens with one attached hydrogen (secondary N) is 1. The first-order chi connectivity index (χ1) is 13.1. The van der Waals surface area contributed by atoms with Crippen LogP contribution in [0.25, 0.3) is 10.6 Å². The van der Waals surface area contributed by atoms with Crippen LogP contribution in [-0.4, -0.2) is 41.3 Å². The molecule has 1 aromatic carbocycles. The minimum Gasteiger partial charge on any atom is -0.378 e. The van der Waals surface area contributed by atoms with Crippen LogP contribution in [0.15, 0.2) is 30.5 Å². The second-order valence-electron chi connectivity index (χ2n) is 6.64. The second-order valence-corrected chi connectivity index (χ2v) is 7.84. The molecule has 27 heavy (non-hydrogen) atoms. The van der Waals surface area contributed by atoms with E-state index in [0.29, 0.717) is 5.95 Å². The third-order valence-corrected chi connectivity index (χ3v) is 5.69. The molecule has 1 saturated heterocycles. The predicted octanol–water partition coefficient (Wildman–Crippen LogP) is 4.11. The molecule has 0 bridgehead atoms. The van der Waals surface area contributed by atoms with Crippen LogP contribution in [0.4, 0.5) is 17.3 Å². The number of anilines is 3. The average Bonchev–Trinajstić information content (AvgIpc) is 3.01. The van der Waals surface area contributed by atoms with E-state index in [1.54, 1.807) is 17.5 Å². The highest BCUT2D eigenvalue weighted by Gasteiger charge is 2.14. The van der Waals surface area contributed by atoms with E-state index in [0.717, 1.165) is 53.3 Å². The predicted molar refractivity (Wildman–Crippen MR) is 110 cm³/mol. The van der Waals surface area contributed by atoms with Gasteiger partial charge in [0.05, 0.1) is 34.5 Å². The molecule has 3 aromatic rings. The van der Waals surface area contributed by atoms with E-state index in [9.17, 15) is 0 Å². The quantitative estimate of drug-likeness (QED) is 0.734. The third kappa shape index (κ3) is 3.94.